The van der Waals surface area contributed by atoms with Crippen LogP contribution in [0.5, 0.6) is 0 Å². The first-order chi connectivity index (χ1) is 13.0. The van der Waals surface area contributed by atoms with Gasteiger partial charge in [0.15, 0.2) is 0 Å². The molecular formula is C12H9BrFN6O6S-. The molecule has 2 N–H and O–H groups in total. The van der Waals surface area contributed by atoms with Crippen molar-refractivity contribution in [2.24, 2.45) is 0 Å². The number of benzene rings is 1. The Kier molecular flexibility index (Phi) is 6.07. The minimum absolute atomic E-state index is 0.00198. The third-order valence-corrected chi connectivity index (χ3v) is 4.11. The van der Waals surface area contributed by atoms with Crippen LogP contribution in [0.15, 0.2) is 36.6 Å². The molecule has 0 bridgehead atoms. The summed E-state index contributed by atoms with van der Waals surface area (Å²) in [5.41, 5.74) is 2.62. The Morgan fingerprint density at radius 2 is 2.19 bits per heavy atom. The topological polar surface area (TPSA) is 160 Å². The quantitative estimate of drug-likeness (QED) is 0.273. The number of rotatable bonds is 8. The molecule has 0 radical (unpaired) electrons. The third-order valence-electron chi connectivity index (χ3n) is 3.06. The number of nitrogens with zero attached hydrogens (tertiary/aromatic N) is 4. The molecule has 1 aromatic carbocycles. The summed E-state index contributed by atoms with van der Waals surface area (Å²) >= 11 is 0.623. The van der Waals surface area contributed by atoms with Gasteiger partial charge in [-0.2, -0.15) is 0 Å². The maximum Gasteiger partial charge on any atom is 0.446 e. The van der Waals surface area contributed by atoms with Crippen molar-refractivity contribution in [1.29, 1.82) is 0 Å². The summed E-state index contributed by atoms with van der Waals surface area (Å²) in [6.45, 7) is -0.0428. The predicted octanol–water partition coefficient (Wildman–Crippen LogP) is 0.504. The molecule has 1 unspecified atom stereocenters. The van der Waals surface area contributed by atoms with Gasteiger partial charge in [-0.15, -0.1) is 0 Å². The van der Waals surface area contributed by atoms with E-state index in [0.717, 1.165) is 10.6 Å². The summed E-state index contributed by atoms with van der Waals surface area (Å²) < 4.78 is 46.7. The molecule has 12 nitrogen and oxygen atoms in total. The second-order valence-electron chi connectivity index (χ2n) is 4.75. The Labute approximate surface area is 160 Å². The van der Waals surface area contributed by atoms with E-state index in [-0.39, 0.29) is 40.6 Å². The molecule has 0 spiro atoms. The lowest BCUT2D eigenvalue weighted by Gasteiger charge is -2.08. The summed E-state index contributed by atoms with van der Waals surface area (Å²) in [5, 5.41) is 10.8. The van der Waals surface area contributed by atoms with E-state index < -0.39 is 22.8 Å². The van der Waals surface area contributed by atoms with Gasteiger partial charge in [-0.3, -0.25) is 13.6 Å². The van der Waals surface area contributed by atoms with E-state index in [0.29, 0.717) is 0 Å². The van der Waals surface area contributed by atoms with Gasteiger partial charge in [0.1, 0.15) is 5.82 Å². The van der Waals surface area contributed by atoms with Crippen molar-refractivity contribution in [1.82, 2.24) is 24.8 Å². The molecule has 0 aliphatic carbocycles. The Bertz CT molecular complexity index is 1020. The van der Waals surface area contributed by atoms with Crippen LogP contribution in [-0.2, 0) is 16.1 Å². The van der Waals surface area contributed by atoms with E-state index in [1.807, 2.05) is 0 Å². The fourth-order valence-corrected chi connectivity index (χ4v) is 2.57. The molecule has 2 heterocycles. The van der Waals surface area contributed by atoms with E-state index in [9.17, 15) is 17.9 Å². The molecule has 144 valence electrons. The van der Waals surface area contributed by atoms with E-state index in [1.165, 1.54) is 12.1 Å². The average Bonchev–Trinajstić information content (AvgIpc) is 3.23. The lowest BCUT2D eigenvalue weighted by atomic mass is 10.3. The molecule has 0 aliphatic heterocycles. The highest BCUT2D eigenvalue weighted by atomic mass is 79.9. The molecular weight excluding hydrogens is 455 g/mol. The molecule has 2 aromatic heterocycles. The van der Waals surface area contributed by atoms with E-state index in [1.54, 1.807) is 0 Å². The molecule has 0 amide bonds. The summed E-state index contributed by atoms with van der Waals surface area (Å²) in [6, 6.07) is 3.84. The first-order valence-electron chi connectivity index (χ1n) is 7.05. The molecule has 15 heteroatoms. The predicted molar refractivity (Wildman–Crippen MR) is 89.5 cm³/mol. The van der Waals surface area contributed by atoms with Gasteiger partial charge >= 0.3 is 5.76 Å². The fraction of sp³-hybridized carbons (Fsp3) is 0.167. The van der Waals surface area contributed by atoms with Crippen LogP contribution in [0.4, 0.5) is 10.2 Å². The van der Waals surface area contributed by atoms with Gasteiger partial charge in [0.2, 0.25) is 17.3 Å². The fourth-order valence-electron chi connectivity index (χ4n) is 1.95. The molecule has 0 saturated carbocycles. The third kappa shape index (κ3) is 4.45. The van der Waals surface area contributed by atoms with Crippen molar-refractivity contribution in [2.75, 3.05) is 18.6 Å². The SMILES string of the molecule is O=c1onc(-c2nonc2NOCCNS(=O)[O-])n1-c1ccc(F)c(Br)c1. The highest BCUT2D eigenvalue weighted by molar-refractivity contribution is 9.10. The summed E-state index contributed by atoms with van der Waals surface area (Å²) in [4.78, 5) is 17.1. The van der Waals surface area contributed by atoms with E-state index >= 15 is 0 Å². The van der Waals surface area contributed by atoms with Crippen molar-refractivity contribution < 1.29 is 27.1 Å². The van der Waals surface area contributed by atoms with Crippen LogP contribution in [0.2, 0.25) is 0 Å². The molecule has 0 fully saturated rings. The Morgan fingerprint density at radius 1 is 1.37 bits per heavy atom. The average molecular weight is 464 g/mol. The van der Waals surface area contributed by atoms with Gasteiger partial charge in [-0.1, -0.05) is 5.16 Å². The first-order valence-corrected chi connectivity index (χ1v) is 8.92. The largest absolute Gasteiger partial charge is 0.760 e. The second kappa shape index (κ2) is 8.49. The van der Waals surface area contributed by atoms with Gasteiger partial charge in [-0.05, 0) is 44.4 Å². The van der Waals surface area contributed by atoms with Crippen molar-refractivity contribution >= 4 is 33.0 Å². The zero-order chi connectivity index (χ0) is 19.4. The van der Waals surface area contributed by atoms with Crippen LogP contribution in [-0.4, -0.2) is 42.0 Å². The highest BCUT2D eigenvalue weighted by Crippen LogP contribution is 2.26. The maximum absolute atomic E-state index is 13.5. The molecule has 27 heavy (non-hydrogen) atoms. The molecule has 1 atom stereocenters. The lowest BCUT2D eigenvalue weighted by Crippen LogP contribution is -2.22. The Balaban J connectivity index is 1.84. The van der Waals surface area contributed by atoms with Crippen LogP contribution in [0, 0.1) is 5.82 Å². The molecule has 0 saturated heterocycles. The van der Waals surface area contributed by atoms with Crippen molar-refractivity contribution in [3.05, 3.63) is 39.0 Å². The van der Waals surface area contributed by atoms with Crippen LogP contribution in [0.3, 0.4) is 0 Å². The first kappa shape index (κ1) is 19.3. The maximum atomic E-state index is 13.5. The van der Waals surface area contributed by atoms with E-state index in [4.69, 9.17) is 4.84 Å². The van der Waals surface area contributed by atoms with Gasteiger partial charge in [0.05, 0.1) is 16.8 Å². The van der Waals surface area contributed by atoms with E-state index in [2.05, 4.69) is 50.8 Å². The van der Waals surface area contributed by atoms with Gasteiger partial charge in [0, 0.05) is 17.8 Å². The van der Waals surface area contributed by atoms with Gasteiger partial charge in [-0.25, -0.2) is 28.6 Å². The number of anilines is 1. The number of hydrogen-bond donors (Lipinski definition) is 2. The van der Waals surface area contributed by atoms with Crippen LogP contribution < -0.4 is 16.0 Å². The molecule has 0 aliphatic rings. The minimum Gasteiger partial charge on any atom is -0.760 e. The number of aromatic nitrogens is 4. The number of halogens is 2. The minimum atomic E-state index is -2.41. The number of nitrogens with one attached hydrogen (secondary N) is 2. The Morgan fingerprint density at radius 3 is 2.93 bits per heavy atom. The van der Waals surface area contributed by atoms with Gasteiger partial charge in [0.25, 0.3) is 0 Å². The lowest BCUT2D eigenvalue weighted by molar-refractivity contribution is 0.195. The normalized spacial score (nSPS) is 12.3. The monoisotopic (exact) mass is 463 g/mol. The zero-order valence-corrected chi connectivity index (χ0v) is 15.5. The highest BCUT2D eigenvalue weighted by Gasteiger charge is 2.23. The summed E-state index contributed by atoms with van der Waals surface area (Å²) in [6.07, 6.45) is 0. The van der Waals surface area contributed by atoms with Crippen molar-refractivity contribution in [2.45, 2.75) is 0 Å². The zero-order valence-electron chi connectivity index (χ0n) is 13.0. The summed E-state index contributed by atoms with van der Waals surface area (Å²) in [5.74, 6) is -1.48. The Hall–Kier alpha value is -2.46. The standard InChI is InChI=1S/C12H10BrFN6O6S/c13-7-5-6(1-2-8(7)14)20-11(19-25-12(20)21)9-10(18-26-16-9)17-24-4-3-15-27(22)23/h1-2,5,15H,3-4H2,(H,17,18)(H,22,23)/p-1. The number of hydrogen-bond acceptors (Lipinski definition) is 10. The smallest absolute Gasteiger partial charge is 0.446 e. The van der Waals surface area contributed by atoms with Crippen LogP contribution in [0.25, 0.3) is 17.2 Å². The van der Waals surface area contributed by atoms with Gasteiger partial charge < -0.3 is 4.55 Å². The van der Waals surface area contributed by atoms with Crippen molar-refractivity contribution in [3.63, 3.8) is 0 Å². The second-order valence-corrected chi connectivity index (χ2v) is 6.36. The molecule has 3 rings (SSSR count). The van der Waals surface area contributed by atoms with Crippen LogP contribution >= 0.6 is 15.9 Å². The summed E-state index contributed by atoms with van der Waals surface area (Å²) in [7, 11) is 0. The van der Waals surface area contributed by atoms with Crippen molar-refractivity contribution in [3.8, 4) is 17.2 Å². The van der Waals surface area contributed by atoms with Crippen LogP contribution in [0.1, 0.15) is 0 Å². The molecule has 3 aromatic rings.